The van der Waals surface area contributed by atoms with Gasteiger partial charge in [-0.2, -0.15) is 0 Å². The standard InChI is InChI=1S/C13H23N3O4.2C2H6/c1-12(17)19-10-6-9-16(2)13(18)20-11-15-8-5-3-4-7-14;2*1-2/h3-5,8,15H,6-7,9-11,14H2,1-2H3;2*1-2H3/p+1/b4-3-,8-5-;;. The molecule has 0 aromatic carbocycles. The van der Waals surface area contributed by atoms with Crippen LogP contribution < -0.4 is 11.1 Å². The largest absolute Gasteiger partial charge is 0.466 e. The molecule has 0 rings (SSSR count). The van der Waals surface area contributed by atoms with Crippen molar-refractivity contribution in [3.8, 4) is 0 Å². The van der Waals surface area contributed by atoms with Gasteiger partial charge in [0.1, 0.15) is 0 Å². The molecule has 0 heterocycles. The van der Waals surface area contributed by atoms with Crippen LogP contribution in [0.4, 0.5) is 4.79 Å². The van der Waals surface area contributed by atoms with Gasteiger partial charge in [-0.25, -0.2) is 4.79 Å². The van der Waals surface area contributed by atoms with E-state index in [0.717, 1.165) is 0 Å². The summed E-state index contributed by atoms with van der Waals surface area (Å²) >= 11 is 0. The Kier molecular flexibility index (Phi) is 26.3. The molecule has 0 saturated carbocycles. The molecule has 4 N–H and O–H groups in total. The van der Waals surface area contributed by atoms with Crippen LogP contribution in [0, 0.1) is 0 Å². The highest BCUT2D eigenvalue weighted by molar-refractivity contribution is 5.67. The van der Waals surface area contributed by atoms with E-state index < -0.39 is 6.09 Å². The summed E-state index contributed by atoms with van der Waals surface area (Å²) in [6, 6.07) is 0. The number of nitrogens with two attached hydrogens (primary N) is 2. The molecule has 0 aromatic heterocycles. The highest BCUT2D eigenvalue weighted by atomic mass is 16.6. The zero-order valence-electron chi connectivity index (χ0n) is 16.1. The Morgan fingerprint density at radius 3 is 2.29 bits per heavy atom. The van der Waals surface area contributed by atoms with Crippen molar-refractivity contribution in [2.75, 3.05) is 33.5 Å². The van der Waals surface area contributed by atoms with Crippen LogP contribution in [-0.4, -0.2) is 50.4 Å². The lowest BCUT2D eigenvalue weighted by molar-refractivity contribution is -0.620. The SMILES string of the molecule is CC.CC.CC(=O)OCCCN(C)C(=O)OC[NH2+]/C=C\C=C/CN. The van der Waals surface area contributed by atoms with Gasteiger partial charge in [-0.1, -0.05) is 39.8 Å². The second kappa shape index (κ2) is 23.4. The smallest absolute Gasteiger partial charge is 0.413 e. The Morgan fingerprint density at radius 1 is 1.12 bits per heavy atom. The minimum Gasteiger partial charge on any atom is -0.466 e. The molecule has 0 aliphatic heterocycles. The number of hydrogen-bond acceptors (Lipinski definition) is 5. The topological polar surface area (TPSA) is 98.5 Å². The average Bonchev–Trinajstić information content (AvgIpc) is 2.60. The predicted molar refractivity (Wildman–Crippen MR) is 97.2 cm³/mol. The Hall–Kier alpha value is -1.86. The molecule has 0 unspecified atom stereocenters. The van der Waals surface area contributed by atoms with Crippen LogP contribution in [0.15, 0.2) is 24.4 Å². The maximum Gasteiger partial charge on any atom is 0.413 e. The third-order valence-corrected chi connectivity index (χ3v) is 2.19. The molecule has 0 spiro atoms. The van der Waals surface area contributed by atoms with Crippen LogP contribution in [0.25, 0.3) is 0 Å². The first-order valence-electron chi connectivity index (χ1n) is 8.44. The van der Waals surface area contributed by atoms with Gasteiger partial charge >= 0.3 is 12.1 Å². The lowest BCUT2D eigenvalue weighted by Gasteiger charge is -2.15. The van der Waals surface area contributed by atoms with Crippen LogP contribution in [0.3, 0.4) is 0 Å². The second-order valence-corrected chi connectivity index (χ2v) is 3.98. The fourth-order valence-corrected chi connectivity index (χ4v) is 1.19. The molecule has 0 saturated heterocycles. The third kappa shape index (κ3) is 22.4. The summed E-state index contributed by atoms with van der Waals surface area (Å²) in [5.41, 5.74) is 5.28. The Morgan fingerprint density at radius 2 is 1.75 bits per heavy atom. The maximum atomic E-state index is 11.5. The van der Waals surface area contributed by atoms with Crippen molar-refractivity contribution in [1.82, 2.24) is 4.90 Å². The predicted octanol–water partition coefficient (Wildman–Crippen LogP) is 1.61. The van der Waals surface area contributed by atoms with Gasteiger partial charge in [0.05, 0.1) is 12.8 Å². The van der Waals surface area contributed by atoms with Crippen molar-refractivity contribution < 1.29 is 24.4 Å². The number of carbonyl (C=O) groups is 2. The van der Waals surface area contributed by atoms with Crippen LogP contribution in [-0.2, 0) is 14.3 Å². The summed E-state index contributed by atoms with van der Waals surface area (Å²) in [7, 11) is 1.63. The van der Waals surface area contributed by atoms with Gasteiger partial charge in [-0.3, -0.25) is 10.1 Å². The van der Waals surface area contributed by atoms with Crippen LogP contribution in [0.2, 0.25) is 0 Å². The fourth-order valence-electron chi connectivity index (χ4n) is 1.19. The number of hydrogen-bond donors (Lipinski definition) is 2. The number of carbonyl (C=O) groups excluding carboxylic acids is 2. The summed E-state index contributed by atoms with van der Waals surface area (Å²) in [5, 5.41) is 1.73. The first-order valence-corrected chi connectivity index (χ1v) is 8.44. The minimum atomic E-state index is -0.407. The number of esters is 1. The van der Waals surface area contributed by atoms with Gasteiger partial charge in [0.2, 0.25) is 6.73 Å². The molecule has 7 nitrogen and oxygen atoms in total. The highest BCUT2D eigenvalue weighted by Crippen LogP contribution is 1.92. The van der Waals surface area contributed by atoms with Crippen molar-refractivity contribution in [1.29, 1.82) is 0 Å². The van der Waals surface area contributed by atoms with Crippen molar-refractivity contribution >= 4 is 12.1 Å². The molecule has 0 aliphatic rings. The molecule has 142 valence electrons. The van der Waals surface area contributed by atoms with Crippen molar-refractivity contribution in [2.24, 2.45) is 5.73 Å². The summed E-state index contributed by atoms with van der Waals surface area (Å²) in [6.45, 7) is 10.8. The van der Waals surface area contributed by atoms with E-state index in [-0.39, 0.29) is 12.7 Å². The van der Waals surface area contributed by atoms with Crippen molar-refractivity contribution in [2.45, 2.75) is 41.0 Å². The molecule has 24 heavy (non-hydrogen) atoms. The molecule has 0 bridgehead atoms. The first kappa shape index (κ1) is 27.0. The van der Waals surface area contributed by atoms with Gasteiger partial charge in [0.25, 0.3) is 0 Å². The number of rotatable bonds is 9. The summed E-state index contributed by atoms with van der Waals surface area (Å²) < 4.78 is 9.78. The number of allylic oxidation sites excluding steroid dienone is 2. The monoisotopic (exact) mass is 346 g/mol. The molecule has 0 atom stereocenters. The normalized spacial score (nSPS) is 9.62. The average molecular weight is 346 g/mol. The number of ether oxygens (including phenoxy) is 2. The molecule has 7 heteroatoms. The first-order chi connectivity index (χ1) is 11.6. The van der Waals surface area contributed by atoms with Crippen molar-refractivity contribution in [3.63, 3.8) is 0 Å². The van der Waals surface area contributed by atoms with Gasteiger partial charge in [-0.05, 0) is 12.5 Å². The molecule has 0 aliphatic carbocycles. The highest BCUT2D eigenvalue weighted by Gasteiger charge is 2.09. The molecule has 0 radical (unpaired) electrons. The van der Waals surface area contributed by atoms with Gasteiger partial charge in [0.15, 0.2) is 0 Å². The third-order valence-electron chi connectivity index (χ3n) is 2.19. The van der Waals surface area contributed by atoms with E-state index >= 15 is 0 Å². The van der Waals surface area contributed by atoms with Crippen LogP contribution in [0.1, 0.15) is 41.0 Å². The van der Waals surface area contributed by atoms with Gasteiger partial charge in [-0.15, -0.1) is 0 Å². The maximum absolute atomic E-state index is 11.5. The van der Waals surface area contributed by atoms with Crippen molar-refractivity contribution in [3.05, 3.63) is 24.4 Å². The summed E-state index contributed by atoms with van der Waals surface area (Å²) in [6.07, 6.45) is 7.39. The Balaban J connectivity index is -0.00000102. The number of amides is 1. The zero-order chi connectivity index (χ0) is 19.2. The van der Waals surface area contributed by atoms with Gasteiger partial charge < -0.3 is 20.1 Å². The van der Waals surface area contributed by atoms with Crippen LogP contribution in [0.5, 0.6) is 0 Å². The van der Waals surface area contributed by atoms with E-state index in [1.807, 2.05) is 45.9 Å². The summed E-state index contributed by atoms with van der Waals surface area (Å²) in [4.78, 5) is 23.5. The lowest BCUT2D eigenvalue weighted by Crippen LogP contribution is -2.79. The lowest BCUT2D eigenvalue weighted by atomic mass is 10.4. The fraction of sp³-hybridized carbons (Fsp3) is 0.647. The van der Waals surface area contributed by atoms with E-state index in [1.165, 1.54) is 11.8 Å². The van der Waals surface area contributed by atoms with E-state index in [1.54, 1.807) is 18.6 Å². The second-order valence-electron chi connectivity index (χ2n) is 3.98. The summed E-state index contributed by atoms with van der Waals surface area (Å²) in [5.74, 6) is -0.319. The van der Waals surface area contributed by atoms with E-state index in [4.69, 9.17) is 15.2 Å². The zero-order valence-corrected chi connectivity index (χ0v) is 16.1. The molecule has 1 amide bonds. The number of nitrogens with zero attached hydrogens (tertiary/aromatic N) is 1. The van der Waals surface area contributed by atoms with Gasteiger partial charge in [0, 0.05) is 27.1 Å². The van der Waals surface area contributed by atoms with E-state index in [0.29, 0.717) is 26.1 Å². The van der Waals surface area contributed by atoms with E-state index in [9.17, 15) is 9.59 Å². The molecule has 0 fully saturated rings. The van der Waals surface area contributed by atoms with Crippen LogP contribution >= 0.6 is 0 Å². The minimum absolute atomic E-state index is 0.208. The quantitative estimate of drug-likeness (QED) is 0.286. The molecular formula is C17H36N3O4+. The molecular weight excluding hydrogens is 310 g/mol. The Bertz CT molecular complexity index is 345. The van der Waals surface area contributed by atoms with E-state index in [2.05, 4.69) is 0 Å². The number of quaternary nitrogens is 1. The Labute approximate surface area is 146 Å². The molecule has 0 aromatic rings.